The minimum Gasteiger partial charge on any atom is -0.207 e. The Bertz CT molecular complexity index is 820. The zero-order chi connectivity index (χ0) is 19.9. The van der Waals surface area contributed by atoms with Gasteiger partial charge in [0, 0.05) is 19.4 Å². The van der Waals surface area contributed by atoms with E-state index in [9.17, 15) is 35.1 Å². The van der Waals surface area contributed by atoms with Crippen molar-refractivity contribution in [3.63, 3.8) is 0 Å². The van der Waals surface area contributed by atoms with Crippen molar-refractivity contribution < 1.29 is 35.1 Å². The van der Waals surface area contributed by atoms with E-state index in [1.807, 2.05) is 0 Å². The van der Waals surface area contributed by atoms with Crippen LogP contribution in [0.3, 0.4) is 0 Å². The predicted octanol–water partition coefficient (Wildman–Crippen LogP) is 7.90. The number of rotatable bonds is 4. The summed E-state index contributed by atoms with van der Waals surface area (Å²) in [5.41, 5.74) is -0.117. The Hall–Kier alpha value is -0.810. The van der Waals surface area contributed by atoms with Crippen molar-refractivity contribution in [2.45, 2.75) is 22.2 Å². The molecule has 0 aliphatic rings. The van der Waals surface area contributed by atoms with E-state index in [0.717, 1.165) is 18.2 Å². The number of hydrogen-bond acceptors (Lipinski definition) is 1. The highest BCUT2D eigenvalue weighted by Gasteiger charge is 2.73. The molecule has 0 amide bonds. The Morgan fingerprint density at radius 2 is 1.46 bits per heavy atom. The number of thioether (sulfide) groups is 1. The second-order valence-electron chi connectivity index (χ2n) is 4.96. The number of alkyl halides is 7. The molecule has 0 aliphatic heterocycles. The molecule has 0 spiro atoms. The van der Waals surface area contributed by atoms with Gasteiger partial charge in [-0.2, -0.15) is 30.7 Å². The Labute approximate surface area is 163 Å². The molecule has 0 bridgehead atoms. The fraction of sp³-hybridized carbons (Fsp3) is 0.200. The molecule has 0 aromatic heterocycles. The van der Waals surface area contributed by atoms with Crippen molar-refractivity contribution in [3.05, 3.63) is 51.2 Å². The van der Waals surface area contributed by atoms with Crippen LogP contribution in [0.2, 0.25) is 0 Å². The van der Waals surface area contributed by atoms with Gasteiger partial charge in [0.1, 0.15) is 5.82 Å². The molecule has 2 rings (SSSR count). The summed E-state index contributed by atoms with van der Waals surface area (Å²) in [6.07, 6.45) is -6.44. The van der Waals surface area contributed by atoms with Gasteiger partial charge in [-0.05, 0) is 41.6 Å². The number of benzene rings is 2. The second kappa shape index (κ2) is 7.31. The van der Waals surface area contributed by atoms with Gasteiger partial charge in [-0.15, -0.1) is 0 Å². The lowest BCUT2D eigenvalue weighted by molar-refractivity contribution is -0.330. The third kappa shape index (κ3) is 4.19. The summed E-state index contributed by atoms with van der Waals surface area (Å²) in [6.45, 7) is 0. The lowest BCUT2D eigenvalue weighted by Crippen LogP contribution is -2.49. The van der Waals surface area contributed by atoms with E-state index < -0.39 is 39.8 Å². The minimum atomic E-state index is -6.44. The maximum atomic E-state index is 13.8. The van der Waals surface area contributed by atoms with Gasteiger partial charge in [0.25, 0.3) is 0 Å². The Morgan fingerprint density at radius 1 is 0.846 bits per heavy atom. The smallest absolute Gasteiger partial charge is 0.207 e. The van der Waals surface area contributed by atoms with Gasteiger partial charge in [0.15, 0.2) is 0 Å². The van der Waals surface area contributed by atoms with Gasteiger partial charge in [-0.3, -0.25) is 0 Å². The number of hydrogen-bond donors (Lipinski definition) is 0. The second-order valence-corrected chi connectivity index (χ2v) is 7.89. The molecule has 0 radical (unpaired) electrons. The van der Waals surface area contributed by atoms with E-state index in [1.54, 1.807) is 0 Å². The molecule has 0 fully saturated rings. The molecule has 142 valence electrons. The van der Waals surface area contributed by atoms with E-state index in [4.69, 9.17) is 0 Å². The van der Waals surface area contributed by atoms with Gasteiger partial charge in [-0.25, -0.2) is 4.39 Å². The number of halogens is 10. The molecule has 0 atom stereocenters. The van der Waals surface area contributed by atoms with E-state index in [-0.39, 0.29) is 20.1 Å². The highest BCUT2D eigenvalue weighted by Crippen LogP contribution is 2.56. The average Bonchev–Trinajstić information content (AvgIpc) is 2.44. The van der Waals surface area contributed by atoms with Crippen LogP contribution in [-0.4, -0.2) is 17.4 Å². The van der Waals surface area contributed by atoms with Crippen LogP contribution in [0.25, 0.3) is 11.1 Å². The molecule has 0 heterocycles. The fourth-order valence-corrected chi connectivity index (χ4v) is 4.69. The standard InChI is InChI=1S/C15H6Br2F8S/c16-8-5-10(17)12(7-2-1-3-9(18)4-7)11(6-8)26-15(24,25)13(19,20)14(21,22)23/h1-6H. The van der Waals surface area contributed by atoms with E-state index in [2.05, 4.69) is 31.9 Å². The van der Waals surface area contributed by atoms with Gasteiger partial charge in [0.2, 0.25) is 0 Å². The monoisotopic (exact) mass is 528 g/mol. The van der Waals surface area contributed by atoms with Gasteiger partial charge in [0.05, 0.1) is 0 Å². The third-order valence-corrected chi connectivity index (χ3v) is 5.23. The van der Waals surface area contributed by atoms with Crippen LogP contribution in [0, 0.1) is 5.82 Å². The summed E-state index contributed by atoms with van der Waals surface area (Å²) in [5.74, 6) is -7.00. The van der Waals surface area contributed by atoms with E-state index in [1.165, 1.54) is 18.2 Å². The largest absolute Gasteiger partial charge is 0.460 e. The molecule has 0 unspecified atom stereocenters. The molecule has 2 aromatic carbocycles. The Balaban J connectivity index is 2.60. The highest BCUT2D eigenvalue weighted by molar-refractivity contribution is 9.11. The molecule has 11 heteroatoms. The molecule has 0 N–H and O–H groups in total. The summed E-state index contributed by atoms with van der Waals surface area (Å²) in [5, 5.41) is -5.49. The molecule has 0 saturated heterocycles. The summed E-state index contributed by atoms with van der Waals surface area (Å²) in [4.78, 5) is -0.592. The first-order valence-corrected chi connectivity index (χ1v) is 8.93. The van der Waals surface area contributed by atoms with Crippen LogP contribution >= 0.6 is 43.6 Å². The van der Waals surface area contributed by atoms with Crippen LogP contribution in [-0.2, 0) is 0 Å². The molecule has 2 aromatic rings. The first kappa shape index (κ1) is 21.5. The molecule has 0 nitrogen and oxygen atoms in total. The van der Waals surface area contributed by atoms with Crippen LogP contribution in [0.4, 0.5) is 35.1 Å². The Morgan fingerprint density at radius 3 is 2.00 bits per heavy atom. The molecule has 26 heavy (non-hydrogen) atoms. The zero-order valence-corrected chi connectivity index (χ0v) is 16.1. The summed E-state index contributed by atoms with van der Waals surface area (Å²) in [6, 6.07) is 6.88. The van der Waals surface area contributed by atoms with Gasteiger partial charge < -0.3 is 0 Å². The molecular weight excluding hydrogens is 524 g/mol. The fourth-order valence-electron chi connectivity index (χ4n) is 1.92. The van der Waals surface area contributed by atoms with E-state index >= 15 is 0 Å². The van der Waals surface area contributed by atoms with Crippen molar-refractivity contribution in [2.24, 2.45) is 0 Å². The summed E-state index contributed by atoms with van der Waals surface area (Å²) < 4.78 is 105. The maximum absolute atomic E-state index is 13.8. The van der Waals surface area contributed by atoms with Gasteiger partial charge >= 0.3 is 17.4 Å². The lowest BCUT2D eigenvalue weighted by atomic mass is 10.1. The average molecular weight is 530 g/mol. The molecule has 0 saturated carbocycles. The third-order valence-electron chi connectivity index (χ3n) is 3.09. The van der Waals surface area contributed by atoms with Crippen LogP contribution < -0.4 is 0 Å². The quantitative estimate of drug-likeness (QED) is 0.286. The predicted molar refractivity (Wildman–Crippen MR) is 89.0 cm³/mol. The lowest BCUT2D eigenvalue weighted by Gasteiger charge is -2.28. The summed E-state index contributed by atoms with van der Waals surface area (Å²) in [7, 11) is 0. The van der Waals surface area contributed by atoms with Crippen molar-refractivity contribution in [1.29, 1.82) is 0 Å². The van der Waals surface area contributed by atoms with Crippen molar-refractivity contribution in [3.8, 4) is 11.1 Å². The van der Waals surface area contributed by atoms with E-state index in [0.29, 0.717) is 0 Å². The maximum Gasteiger partial charge on any atom is 0.460 e. The van der Waals surface area contributed by atoms with Crippen LogP contribution in [0.15, 0.2) is 50.2 Å². The SMILES string of the molecule is Fc1cccc(-c2c(Br)cc(Br)cc2SC(F)(F)C(F)(F)C(F)(F)F)c1. The first-order valence-electron chi connectivity index (χ1n) is 6.52. The molecular formula is C15H6Br2F8S. The van der Waals surface area contributed by atoms with Gasteiger partial charge in [-0.1, -0.05) is 44.0 Å². The normalized spacial score (nSPS) is 13.2. The van der Waals surface area contributed by atoms with Crippen molar-refractivity contribution in [2.75, 3.05) is 0 Å². The van der Waals surface area contributed by atoms with Crippen LogP contribution in [0.5, 0.6) is 0 Å². The van der Waals surface area contributed by atoms with Crippen molar-refractivity contribution in [1.82, 2.24) is 0 Å². The van der Waals surface area contributed by atoms with Crippen molar-refractivity contribution >= 4 is 43.6 Å². The Kier molecular flexibility index (Phi) is 6.04. The highest BCUT2D eigenvalue weighted by atomic mass is 79.9. The zero-order valence-electron chi connectivity index (χ0n) is 12.2. The summed E-state index contributed by atoms with van der Waals surface area (Å²) >= 11 is 5.05. The minimum absolute atomic E-state index is 0.0259. The topological polar surface area (TPSA) is 0 Å². The van der Waals surface area contributed by atoms with Crippen LogP contribution in [0.1, 0.15) is 0 Å². The first-order chi connectivity index (χ1) is 11.8. The molecule has 0 aliphatic carbocycles.